The van der Waals surface area contributed by atoms with Gasteiger partial charge in [0, 0.05) is 6.54 Å². The van der Waals surface area contributed by atoms with E-state index < -0.39 is 6.10 Å². The van der Waals surface area contributed by atoms with Gasteiger partial charge in [0.05, 0.1) is 19.3 Å². The Morgan fingerprint density at radius 1 is 1.29 bits per heavy atom. The Labute approximate surface area is 103 Å². The average molecular weight is 235 g/mol. The average Bonchev–Trinajstić information content (AvgIpc) is 3.14. The molecule has 0 aliphatic heterocycles. The first-order valence-corrected chi connectivity index (χ1v) is 6.35. The molecule has 0 heterocycles. The van der Waals surface area contributed by atoms with Crippen molar-refractivity contribution in [1.29, 1.82) is 0 Å². The second-order valence-electron chi connectivity index (χ2n) is 4.76. The molecule has 0 bridgehead atoms. The van der Waals surface area contributed by atoms with Crippen LogP contribution in [0.4, 0.5) is 0 Å². The maximum atomic E-state index is 9.67. The lowest BCUT2D eigenvalue weighted by molar-refractivity contribution is 0.0288. The summed E-state index contributed by atoms with van der Waals surface area (Å²) in [6.45, 7) is 2.63. The smallest absolute Gasteiger partial charge is 0.0897 e. The molecule has 0 aromatic heterocycles. The fourth-order valence-electron chi connectivity index (χ4n) is 1.72. The molecular weight excluding hydrogens is 214 g/mol. The molecule has 0 unspecified atom stereocenters. The number of benzene rings is 1. The third-order valence-corrected chi connectivity index (χ3v) is 2.93. The van der Waals surface area contributed by atoms with Gasteiger partial charge < -0.3 is 15.2 Å². The van der Waals surface area contributed by atoms with Crippen LogP contribution in [-0.4, -0.2) is 30.9 Å². The Morgan fingerprint density at radius 3 is 2.76 bits per heavy atom. The summed E-state index contributed by atoms with van der Waals surface area (Å²) in [4.78, 5) is 0. The van der Waals surface area contributed by atoms with Crippen LogP contribution in [0.1, 0.15) is 18.4 Å². The van der Waals surface area contributed by atoms with E-state index in [1.54, 1.807) is 0 Å². The van der Waals surface area contributed by atoms with Crippen LogP contribution in [0.25, 0.3) is 0 Å². The molecule has 1 aliphatic rings. The molecule has 0 spiro atoms. The van der Waals surface area contributed by atoms with Crippen LogP contribution in [0.5, 0.6) is 0 Å². The predicted molar refractivity (Wildman–Crippen MR) is 67.7 cm³/mol. The van der Waals surface area contributed by atoms with E-state index >= 15 is 0 Å². The van der Waals surface area contributed by atoms with E-state index in [0.717, 1.165) is 18.0 Å². The van der Waals surface area contributed by atoms with Gasteiger partial charge in [0.15, 0.2) is 0 Å². The molecule has 1 saturated carbocycles. The van der Waals surface area contributed by atoms with Crippen molar-refractivity contribution in [2.45, 2.75) is 25.6 Å². The number of aliphatic hydroxyl groups excluding tert-OH is 1. The highest BCUT2D eigenvalue weighted by molar-refractivity contribution is 5.13. The van der Waals surface area contributed by atoms with Crippen molar-refractivity contribution >= 4 is 0 Å². The van der Waals surface area contributed by atoms with Crippen LogP contribution in [-0.2, 0) is 11.3 Å². The van der Waals surface area contributed by atoms with Gasteiger partial charge in [0.25, 0.3) is 0 Å². The molecule has 3 nitrogen and oxygen atoms in total. The van der Waals surface area contributed by atoms with Crippen LogP contribution in [0.2, 0.25) is 0 Å². The van der Waals surface area contributed by atoms with Crippen molar-refractivity contribution < 1.29 is 9.84 Å². The van der Waals surface area contributed by atoms with Crippen molar-refractivity contribution in [3.05, 3.63) is 35.9 Å². The van der Waals surface area contributed by atoms with Gasteiger partial charge in [0.1, 0.15) is 0 Å². The first kappa shape index (κ1) is 12.6. The fourth-order valence-corrected chi connectivity index (χ4v) is 1.72. The molecule has 1 atom stereocenters. The first-order valence-electron chi connectivity index (χ1n) is 6.35. The lowest BCUT2D eigenvalue weighted by Gasteiger charge is -2.12. The molecule has 3 heteroatoms. The highest BCUT2D eigenvalue weighted by atomic mass is 16.5. The summed E-state index contributed by atoms with van der Waals surface area (Å²) in [5.41, 5.74) is 1.14. The maximum absolute atomic E-state index is 9.67. The molecular formula is C14H21NO2. The van der Waals surface area contributed by atoms with E-state index in [1.807, 2.05) is 30.3 Å². The maximum Gasteiger partial charge on any atom is 0.0897 e. The van der Waals surface area contributed by atoms with Crippen molar-refractivity contribution in [2.24, 2.45) is 5.92 Å². The minimum absolute atomic E-state index is 0.395. The largest absolute Gasteiger partial charge is 0.389 e. The lowest BCUT2D eigenvalue weighted by Crippen LogP contribution is -2.31. The number of ether oxygens (including phenoxy) is 1. The van der Waals surface area contributed by atoms with Gasteiger partial charge in [-0.3, -0.25) is 0 Å². The van der Waals surface area contributed by atoms with Gasteiger partial charge in [-0.2, -0.15) is 0 Å². The van der Waals surface area contributed by atoms with Crippen molar-refractivity contribution in [1.82, 2.24) is 5.32 Å². The second-order valence-corrected chi connectivity index (χ2v) is 4.76. The summed E-state index contributed by atoms with van der Waals surface area (Å²) in [6, 6.07) is 10.0. The van der Waals surface area contributed by atoms with Gasteiger partial charge in [-0.05, 0) is 30.9 Å². The Balaban J connectivity index is 1.51. The van der Waals surface area contributed by atoms with Gasteiger partial charge in [-0.1, -0.05) is 30.3 Å². The Hall–Kier alpha value is -0.900. The Morgan fingerprint density at radius 2 is 2.06 bits per heavy atom. The Kier molecular flexibility index (Phi) is 4.98. The van der Waals surface area contributed by atoms with E-state index in [4.69, 9.17) is 4.74 Å². The number of hydrogen-bond donors (Lipinski definition) is 2. The molecule has 0 saturated heterocycles. The van der Waals surface area contributed by atoms with E-state index in [2.05, 4.69) is 5.32 Å². The van der Waals surface area contributed by atoms with Gasteiger partial charge in [0.2, 0.25) is 0 Å². The van der Waals surface area contributed by atoms with Crippen LogP contribution >= 0.6 is 0 Å². The highest BCUT2D eigenvalue weighted by Gasteiger charge is 2.20. The van der Waals surface area contributed by atoms with Crippen LogP contribution in [0, 0.1) is 5.92 Å². The van der Waals surface area contributed by atoms with E-state index in [1.165, 1.54) is 12.8 Å². The SMILES string of the molecule is O[C@H](CNCC1CC1)COCc1ccccc1. The highest BCUT2D eigenvalue weighted by Crippen LogP contribution is 2.27. The van der Waals surface area contributed by atoms with Crippen molar-refractivity contribution in [3.63, 3.8) is 0 Å². The first-order chi connectivity index (χ1) is 8.34. The molecule has 1 fully saturated rings. The van der Waals surface area contributed by atoms with E-state index in [-0.39, 0.29) is 0 Å². The molecule has 1 aromatic carbocycles. The summed E-state index contributed by atoms with van der Waals surface area (Å²) in [6.07, 6.45) is 2.28. The van der Waals surface area contributed by atoms with Crippen molar-refractivity contribution in [3.8, 4) is 0 Å². The summed E-state index contributed by atoms with van der Waals surface area (Å²) in [5.74, 6) is 0.854. The van der Waals surface area contributed by atoms with Gasteiger partial charge in [-0.25, -0.2) is 0 Å². The van der Waals surface area contributed by atoms with Crippen molar-refractivity contribution in [2.75, 3.05) is 19.7 Å². The molecule has 17 heavy (non-hydrogen) atoms. The second kappa shape index (κ2) is 6.74. The quantitative estimate of drug-likeness (QED) is 0.718. The minimum atomic E-state index is -0.405. The van der Waals surface area contributed by atoms with Crippen LogP contribution in [0.3, 0.4) is 0 Å². The van der Waals surface area contributed by atoms with E-state index in [0.29, 0.717) is 19.8 Å². The number of aliphatic hydroxyl groups is 1. The third kappa shape index (κ3) is 5.31. The fraction of sp³-hybridized carbons (Fsp3) is 0.571. The van der Waals surface area contributed by atoms with Crippen LogP contribution in [0.15, 0.2) is 30.3 Å². The normalized spacial score (nSPS) is 17.0. The summed E-state index contributed by atoms with van der Waals surface area (Å²) >= 11 is 0. The Bertz CT molecular complexity index is 311. The summed E-state index contributed by atoms with van der Waals surface area (Å²) in [5, 5.41) is 12.9. The zero-order valence-electron chi connectivity index (χ0n) is 10.1. The number of rotatable bonds is 8. The zero-order chi connectivity index (χ0) is 11.9. The topological polar surface area (TPSA) is 41.5 Å². The predicted octanol–water partition coefficient (Wildman–Crippen LogP) is 1.56. The molecule has 94 valence electrons. The molecule has 2 N–H and O–H groups in total. The molecule has 0 amide bonds. The molecule has 1 aromatic rings. The number of nitrogens with one attached hydrogen (secondary N) is 1. The lowest BCUT2D eigenvalue weighted by atomic mass is 10.2. The molecule has 2 rings (SSSR count). The van der Waals surface area contributed by atoms with Gasteiger partial charge >= 0.3 is 0 Å². The molecule has 0 radical (unpaired) electrons. The molecule has 1 aliphatic carbocycles. The van der Waals surface area contributed by atoms with Gasteiger partial charge in [-0.15, -0.1) is 0 Å². The summed E-state index contributed by atoms with van der Waals surface area (Å²) in [7, 11) is 0. The number of hydrogen-bond acceptors (Lipinski definition) is 3. The minimum Gasteiger partial charge on any atom is -0.389 e. The van der Waals surface area contributed by atoms with E-state index in [9.17, 15) is 5.11 Å². The summed E-state index contributed by atoms with van der Waals surface area (Å²) < 4.78 is 5.46. The van der Waals surface area contributed by atoms with Crippen LogP contribution < -0.4 is 5.32 Å². The monoisotopic (exact) mass is 235 g/mol. The third-order valence-electron chi connectivity index (χ3n) is 2.93. The standard InChI is InChI=1S/C14H21NO2/c16-14(9-15-8-12-6-7-12)11-17-10-13-4-2-1-3-5-13/h1-5,12,14-16H,6-11H2/t14-/m1/s1. The zero-order valence-corrected chi connectivity index (χ0v) is 10.1.